The van der Waals surface area contributed by atoms with Crippen LogP contribution >= 0.6 is 23.4 Å². The number of rotatable bonds is 3. The van der Waals surface area contributed by atoms with Crippen LogP contribution in [0.5, 0.6) is 5.75 Å². The molecule has 18 heavy (non-hydrogen) atoms. The summed E-state index contributed by atoms with van der Waals surface area (Å²) in [6.45, 7) is 1.96. The van der Waals surface area contributed by atoms with Crippen LogP contribution in [-0.2, 0) is 5.75 Å². The monoisotopic (exact) mass is 281 g/mol. The molecular formula is C13H12ClNO2S. The Labute approximate surface area is 114 Å². The molecule has 0 unspecified atom stereocenters. The number of benzene rings is 1. The van der Waals surface area contributed by atoms with Crippen LogP contribution in [0.3, 0.4) is 0 Å². The van der Waals surface area contributed by atoms with Crippen molar-refractivity contribution in [1.29, 1.82) is 0 Å². The summed E-state index contributed by atoms with van der Waals surface area (Å²) >= 11 is 7.70. The van der Waals surface area contributed by atoms with E-state index < -0.39 is 5.56 Å². The van der Waals surface area contributed by atoms with Crippen LogP contribution in [0.2, 0.25) is 5.02 Å². The number of H-pyrrole nitrogens is 1. The van der Waals surface area contributed by atoms with Gasteiger partial charge in [0.2, 0.25) is 0 Å². The molecule has 3 nitrogen and oxygen atoms in total. The number of thioether (sulfide) groups is 1. The van der Waals surface area contributed by atoms with Gasteiger partial charge in [-0.25, -0.2) is 0 Å². The van der Waals surface area contributed by atoms with Crippen molar-refractivity contribution >= 4 is 23.4 Å². The maximum Gasteiger partial charge on any atom is 0.290 e. The summed E-state index contributed by atoms with van der Waals surface area (Å²) in [6, 6.07) is 7.34. The number of aromatic nitrogens is 1. The highest BCUT2D eigenvalue weighted by Crippen LogP contribution is 2.28. The molecular weight excluding hydrogens is 270 g/mol. The van der Waals surface area contributed by atoms with Gasteiger partial charge in [0.05, 0.1) is 0 Å². The van der Waals surface area contributed by atoms with Crippen molar-refractivity contribution in [2.24, 2.45) is 0 Å². The van der Waals surface area contributed by atoms with Crippen molar-refractivity contribution in [3.05, 3.63) is 57.0 Å². The first kappa shape index (κ1) is 13.1. The molecule has 0 bridgehead atoms. The molecule has 0 saturated heterocycles. The lowest BCUT2D eigenvalue weighted by molar-refractivity contribution is 0.464. The highest BCUT2D eigenvalue weighted by Gasteiger charge is 2.05. The van der Waals surface area contributed by atoms with Gasteiger partial charge in [-0.1, -0.05) is 29.8 Å². The molecule has 0 atom stereocenters. The molecule has 2 aromatic rings. The Balaban J connectivity index is 2.14. The fourth-order valence-corrected chi connectivity index (χ4v) is 2.69. The summed E-state index contributed by atoms with van der Waals surface area (Å²) in [5.41, 5.74) is 1.60. The van der Waals surface area contributed by atoms with Gasteiger partial charge in [-0.3, -0.25) is 4.79 Å². The Morgan fingerprint density at radius 3 is 2.94 bits per heavy atom. The van der Waals surface area contributed by atoms with E-state index in [9.17, 15) is 9.90 Å². The minimum atomic E-state index is -0.479. The van der Waals surface area contributed by atoms with Crippen molar-refractivity contribution in [2.75, 3.05) is 0 Å². The summed E-state index contributed by atoms with van der Waals surface area (Å²) in [7, 11) is 0. The highest BCUT2D eigenvalue weighted by atomic mass is 35.5. The second-order valence-corrected chi connectivity index (χ2v) is 5.31. The van der Waals surface area contributed by atoms with Gasteiger partial charge in [0, 0.05) is 27.9 Å². The molecule has 0 aliphatic heterocycles. The van der Waals surface area contributed by atoms with E-state index in [1.807, 2.05) is 25.1 Å². The van der Waals surface area contributed by atoms with E-state index in [4.69, 9.17) is 11.6 Å². The molecule has 94 valence electrons. The predicted molar refractivity (Wildman–Crippen MR) is 74.5 cm³/mol. The minimum Gasteiger partial charge on any atom is -0.503 e. The molecule has 2 N–H and O–H groups in total. The number of pyridine rings is 1. The van der Waals surface area contributed by atoms with Crippen LogP contribution in [0.25, 0.3) is 0 Å². The number of aromatic hydroxyl groups is 1. The Morgan fingerprint density at radius 2 is 2.22 bits per heavy atom. The first-order valence-corrected chi connectivity index (χ1v) is 6.73. The van der Waals surface area contributed by atoms with Gasteiger partial charge in [-0.2, -0.15) is 0 Å². The summed E-state index contributed by atoms with van der Waals surface area (Å²) in [6.07, 6.45) is 1.58. The van der Waals surface area contributed by atoms with Gasteiger partial charge >= 0.3 is 0 Å². The van der Waals surface area contributed by atoms with Gasteiger partial charge in [0.1, 0.15) is 0 Å². The molecule has 0 saturated carbocycles. The predicted octanol–water partition coefficient (Wildman–Crippen LogP) is 3.33. The van der Waals surface area contributed by atoms with E-state index in [0.717, 1.165) is 21.0 Å². The average Bonchev–Trinajstić information content (AvgIpc) is 2.35. The molecule has 1 heterocycles. The van der Waals surface area contributed by atoms with Gasteiger partial charge in [0.15, 0.2) is 5.75 Å². The van der Waals surface area contributed by atoms with Crippen LogP contribution in [0.15, 0.2) is 40.2 Å². The van der Waals surface area contributed by atoms with E-state index in [1.165, 1.54) is 17.8 Å². The van der Waals surface area contributed by atoms with Crippen molar-refractivity contribution in [1.82, 2.24) is 4.98 Å². The van der Waals surface area contributed by atoms with Crippen LogP contribution in [0.1, 0.15) is 11.1 Å². The number of hydrogen-bond donors (Lipinski definition) is 2. The highest BCUT2D eigenvalue weighted by molar-refractivity contribution is 7.98. The molecule has 1 aromatic heterocycles. The Hall–Kier alpha value is -1.39. The van der Waals surface area contributed by atoms with Crippen molar-refractivity contribution in [2.45, 2.75) is 17.6 Å². The minimum absolute atomic E-state index is 0.268. The quantitative estimate of drug-likeness (QED) is 0.849. The van der Waals surface area contributed by atoms with E-state index in [1.54, 1.807) is 6.20 Å². The SMILES string of the molecule is Cc1cccc(CSc2c[nH]c(=O)c(O)c2)c1Cl. The second kappa shape index (κ2) is 5.50. The average molecular weight is 282 g/mol. The molecule has 5 heteroatoms. The number of nitrogens with one attached hydrogen (secondary N) is 1. The van der Waals surface area contributed by atoms with Crippen LogP contribution in [-0.4, -0.2) is 10.1 Å². The fraction of sp³-hybridized carbons (Fsp3) is 0.154. The van der Waals surface area contributed by atoms with Crippen LogP contribution < -0.4 is 5.56 Å². The van der Waals surface area contributed by atoms with Gasteiger partial charge < -0.3 is 10.1 Å². The second-order valence-electron chi connectivity index (χ2n) is 3.89. The van der Waals surface area contributed by atoms with Gasteiger partial charge in [-0.15, -0.1) is 11.8 Å². The molecule has 0 fully saturated rings. The third-order valence-electron chi connectivity index (χ3n) is 2.52. The normalized spacial score (nSPS) is 10.6. The Morgan fingerprint density at radius 1 is 1.44 bits per heavy atom. The lowest BCUT2D eigenvalue weighted by Crippen LogP contribution is -2.03. The maximum atomic E-state index is 11.0. The van der Waals surface area contributed by atoms with E-state index in [0.29, 0.717) is 5.75 Å². The van der Waals surface area contributed by atoms with Crippen molar-refractivity contribution < 1.29 is 5.11 Å². The topological polar surface area (TPSA) is 53.1 Å². The standard InChI is InChI=1S/C13H12ClNO2S/c1-8-3-2-4-9(12(8)14)7-18-10-5-11(16)13(17)15-6-10/h2-6,16H,7H2,1H3,(H,15,17). The zero-order valence-electron chi connectivity index (χ0n) is 9.74. The number of halogens is 1. The largest absolute Gasteiger partial charge is 0.503 e. The number of aryl methyl sites for hydroxylation is 1. The Kier molecular flexibility index (Phi) is 3.99. The molecule has 0 amide bonds. The Bertz CT molecular complexity index is 625. The summed E-state index contributed by atoms with van der Waals surface area (Å²) in [5, 5.41) is 10.1. The lowest BCUT2D eigenvalue weighted by atomic mass is 10.2. The van der Waals surface area contributed by atoms with Gasteiger partial charge in [-0.05, 0) is 18.1 Å². The maximum absolute atomic E-state index is 11.0. The van der Waals surface area contributed by atoms with Crippen LogP contribution in [0, 0.1) is 6.92 Å². The van der Waals surface area contributed by atoms with Crippen molar-refractivity contribution in [3.63, 3.8) is 0 Å². The molecule has 1 aromatic carbocycles. The first-order valence-electron chi connectivity index (χ1n) is 5.36. The zero-order chi connectivity index (χ0) is 13.1. The fourth-order valence-electron chi connectivity index (χ4n) is 1.52. The van der Waals surface area contributed by atoms with Gasteiger partial charge in [0.25, 0.3) is 5.56 Å². The molecule has 0 spiro atoms. The smallest absolute Gasteiger partial charge is 0.290 e. The third-order valence-corrected chi connectivity index (χ3v) is 4.09. The summed E-state index contributed by atoms with van der Waals surface area (Å²) in [4.78, 5) is 14.3. The number of hydrogen-bond acceptors (Lipinski definition) is 3. The molecule has 0 aliphatic rings. The van der Waals surface area contributed by atoms with Crippen molar-refractivity contribution in [3.8, 4) is 5.75 Å². The van der Waals surface area contributed by atoms with E-state index >= 15 is 0 Å². The molecule has 0 aliphatic carbocycles. The third kappa shape index (κ3) is 2.89. The summed E-state index contributed by atoms with van der Waals surface area (Å²) < 4.78 is 0. The van der Waals surface area contributed by atoms with E-state index in [2.05, 4.69) is 4.98 Å². The van der Waals surface area contributed by atoms with Crippen LogP contribution in [0.4, 0.5) is 0 Å². The lowest BCUT2D eigenvalue weighted by Gasteiger charge is -2.06. The zero-order valence-corrected chi connectivity index (χ0v) is 11.3. The van der Waals surface area contributed by atoms with E-state index in [-0.39, 0.29) is 5.75 Å². The molecule has 0 radical (unpaired) electrons. The molecule has 2 rings (SSSR count). The summed E-state index contributed by atoms with van der Waals surface area (Å²) in [5.74, 6) is 0.418. The first-order chi connectivity index (χ1) is 8.58. The number of aromatic amines is 1.